The van der Waals surface area contributed by atoms with Gasteiger partial charge in [0.2, 0.25) is 0 Å². The van der Waals surface area contributed by atoms with E-state index < -0.39 is 5.54 Å². The summed E-state index contributed by atoms with van der Waals surface area (Å²) in [7, 11) is 0. The van der Waals surface area contributed by atoms with Crippen LogP contribution in [0, 0.1) is 5.92 Å². The first-order valence-corrected chi connectivity index (χ1v) is 16.5. The van der Waals surface area contributed by atoms with Gasteiger partial charge in [0, 0.05) is 16.9 Å². The van der Waals surface area contributed by atoms with Crippen LogP contribution in [0.1, 0.15) is 55.0 Å². The van der Waals surface area contributed by atoms with Crippen LogP contribution in [0.5, 0.6) is 0 Å². The molecule has 5 aromatic carbocycles. The average Bonchev–Trinajstić information content (AvgIpc) is 3.87. The number of tetrazole rings is 1. The van der Waals surface area contributed by atoms with Crippen molar-refractivity contribution < 1.29 is 0 Å². The van der Waals surface area contributed by atoms with E-state index in [1.807, 2.05) is 33.9 Å². The zero-order chi connectivity index (χ0) is 32.8. The van der Waals surface area contributed by atoms with Crippen molar-refractivity contribution in [1.82, 2.24) is 35.0 Å². The van der Waals surface area contributed by atoms with Crippen molar-refractivity contribution in [3.8, 4) is 11.4 Å². The predicted octanol–water partition coefficient (Wildman–Crippen LogP) is 8.54. The summed E-state index contributed by atoms with van der Waals surface area (Å²) in [5.41, 5.74) is 6.50. The van der Waals surface area contributed by atoms with Crippen molar-refractivity contribution in [2.45, 2.75) is 38.3 Å². The molecule has 1 unspecified atom stereocenters. The Bertz CT molecular complexity index is 1900. The van der Waals surface area contributed by atoms with E-state index in [-0.39, 0.29) is 6.04 Å². The van der Waals surface area contributed by atoms with E-state index in [0.717, 1.165) is 46.5 Å². The van der Waals surface area contributed by atoms with Crippen LogP contribution < -0.4 is 5.32 Å². The van der Waals surface area contributed by atoms with E-state index in [4.69, 9.17) is 0 Å². The molecule has 8 heteroatoms. The van der Waals surface area contributed by atoms with Crippen LogP contribution in [0.4, 0.5) is 11.4 Å². The number of aromatic nitrogens is 7. The van der Waals surface area contributed by atoms with Gasteiger partial charge in [0.15, 0.2) is 5.82 Å². The van der Waals surface area contributed by atoms with Gasteiger partial charge in [-0.3, -0.25) is 0 Å². The first-order valence-electron chi connectivity index (χ1n) is 16.5. The Hall–Kier alpha value is -5.89. The van der Waals surface area contributed by atoms with E-state index in [9.17, 15) is 0 Å². The molecule has 2 heterocycles. The lowest BCUT2D eigenvalue weighted by atomic mass is 9.77. The summed E-state index contributed by atoms with van der Waals surface area (Å²) in [5, 5.41) is 21.5. The summed E-state index contributed by atoms with van der Waals surface area (Å²) in [6.45, 7) is 4.47. The summed E-state index contributed by atoms with van der Waals surface area (Å²) in [4.78, 5) is 4.21. The Morgan fingerprint density at radius 3 is 1.65 bits per heavy atom. The van der Waals surface area contributed by atoms with Crippen LogP contribution in [0.25, 0.3) is 11.4 Å². The van der Waals surface area contributed by atoms with Crippen LogP contribution in [0.3, 0.4) is 0 Å². The first kappa shape index (κ1) is 30.7. The summed E-state index contributed by atoms with van der Waals surface area (Å²) in [5.74, 6) is 1.14. The molecule has 0 aliphatic rings. The molecule has 48 heavy (non-hydrogen) atoms. The van der Waals surface area contributed by atoms with Gasteiger partial charge in [0.25, 0.3) is 0 Å². The Labute approximate surface area is 281 Å². The van der Waals surface area contributed by atoms with E-state index in [1.165, 1.54) is 5.56 Å². The van der Waals surface area contributed by atoms with Crippen molar-refractivity contribution in [2.24, 2.45) is 5.92 Å². The number of nitrogens with zero attached hydrogens (tertiary/aromatic N) is 7. The smallest absolute Gasteiger partial charge is 0.183 e. The van der Waals surface area contributed by atoms with Crippen LogP contribution in [-0.2, 0) is 5.54 Å². The minimum absolute atomic E-state index is 0.150. The van der Waals surface area contributed by atoms with Gasteiger partial charge >= 0.3 is 0 Å². The SMILES string of the molecule is CCC(CC)C(c1ccc(Nc2ccc(-c3nnnn3C(c3ccccc3)(c3ccccc3)c3ccccc3)cc2)cc1)n1cncn1. The number of benzene rings is 5. The van der Waals surface area contributed by atoms with Gasteiger partial charge in [-0.15, -0.1) is 5.10 Å². The highest BCUT2D eigenvalue weighted by Crippen LogP contribution is 2.42. The van der Waals surface area contributed by atoms with Gasteiger partial charge < -0.3 is 5.32 Å². The molecule has 0 fully saturated rings. The Morgan fingerprint density at radius 2 is 1.17 bits per heavy atom. The maximum absolute atomic E-state index is 4.68. The fraction of sp³-hybridized carbons (Fsp3) is 0.175. The Balaban J connectivity index is 1.22. The maximum Gasteiger partial charge on any atom is 0.183 e. The standard InChI is InChI=1S/C40H38N8/c1-3-30(4-2)38(47-29-41-28-42-47)31-20-24-36(25-21-31)43-37-26-22-32(23-27-37)39-44-45-46-48(39)40(33-14-8-5-9-15-33,34-16-10-6-11-17-34)35-18-12-7-13-19-35/h5-30,38,43H,3-4H2,1-2H3. The fourth-order valence-corrected chi connectivity index (χ4v) is 6.87. The van der Waals surface area contributed by atoms with Gasteiger partial charge in [-0.05, 0) is 75.0 Å². The zero-order valence-electron chi connectivity index (χ0n) is 27.1. The van der Waals surface area contributed by atoms with Crippen molar-refractivity contribution in [2.75, 3.05) is 5.32 Å². The summed E-state index contributed by atoms with van der Waals surface area (Å²) in [6, 6.07) is 48.4. The minimum Gasteiger partial charge on any atom is -0.356 e. The summed E-state index contributed by atoms with van der Waals surface area (Å²) in [6.07, 6.45) is 5.56. The van der Waals surface area contributed by atoms with Crippen molar-refractivity contribution in [1.29, 1.82) is 0 Å². The molecule has 0 spiro atoms. The monoisotopic (exact) mass is 630 g/mol. The number of anilines is 2. The highest BCUT2D eigenvalue weighted by Gasteiger charge is 2.41. The van der Waals surface area contributed by atoms with Crippen molar-refractivity contribution in [3.63, 3.8) is 0 Å². The number of hydrogen-bond acceptors (Lipinski definition) is 6. The van der Waals surface area contributed by atoms with Crippen LogP contribution in [0.2, 0.25) is 0 Å². The molecule has 238 valence electrons. The van der Waals surface area contributed by atoms with Crippen molar-refractivity contribution in [3.05, 3.63) is 174 Å². The summed E-state index contributed by atoms with van der Waals surface area (Å²) < 4.78 is 3.94. The fourth-order valence-electron chi connectivity index (χ4n) is 6.87. The third-order valence-corrected chi connectivity index (χ3v) is 9.26. The van der Waals surface area contributed by atoms with Gasteiger partial charge in [0.05, 0.1) is 6.04 Å². The molecular formula is C40H38N8. The van der Waals surface area contributed by atoms with Gasteiger partial charge in [-0.1, -0.05) is 130 Å². The average molecular weight is 631 g/mol. The molecule has 7 rings (SSSR count). The minimum atomic E-state index is -0.806. The molecule has 1 N–H and O–H groups in total. The molecule has 0 radical (unpaired) electrons. The third-order valence-electron chi connectivity index (χ3n) is 9.26. The topological polar surface area (TPSA) is 86.3 Å². The Kier molecular flexibility index (Phi) is 8.87. The highest BCUT2D eigenvalue weighted by molar-refractivity contribution is 5.66. The van der Waals surface area contributed by atoms with E-state index in [0.29, 0.717) is 11.7 Å². The number of hydrogen-bond donors (Lipinski definition) is 1. The van der Waals surface area contributed by atoms with E-state index in [2.05, 4.69) is 166 Å². The Morgan fingerprint density at radius 1 is 0.646 bits per heavy atom. The second-order valence-electron chi connectivity index (χ2n) is 11.9. The lowest BCUT2D eigenvalue weighted by Gasteiger charge is -2.36. The number of nitrogens with one attached hydrogen (secondary N) is 1. The lowest BCUT2D eigenvalue weighted by Crippen LogP contribution is -2.39. The molecule has 0 amide bonds. The molecular weight excluding hydrogens is 592 g/mol. The first-order chi connectivity index (χ1) is 23.7. The second kappa shape index (κ2) is 13.8. The lowest BCUT2D eigenvalue weighted by molar-refractivity contribution is 0.332. The molecule has 0 aliphatic carbocycles. The number of rotatable bonds is 12. The molecule has 8 nitrogen and oxygen atoms in total. The van der Waals surface area contributed by atoms with Crippen LogP contribution >= 0.6 is 0 Å². The molecule has 0 aliphatic heterocycles. The molecule has 0 saturated heterocycles. The van der Waals surface area contributed by atoms with E-state index >= 15 is 0 Å². The largest absolute Gasteiger partial charge is 0.356 e. The van der Waals surface area contributed by atoms with Gasteiger partial charge in [-0.2, -0.15) is 5.10 Å². The van der Waals surface area contributed by atoms with Crippen LogP contribution in [-0.4, -0.2) is 35.0 Å². The molecule has 1 atom stereocenters. The zero-order valence-corrected chi connectivity index (χ0v) is 27.1. The maximum atomic E-state index is 4.68. The predicted molar refractivity (Wildman–Crippen MR) is 190 cm³/mol. The van der Waals surface area contributed by atoms with Crippen LogP contribution in [0.15, 0.2) is 152 Å². The van der Waals surface area contributed by atoms with Crippen molar-refractivity contribution >= 4 is 11.4 Å². The highest BCUT2D eigenvalue weighted by atomic mass is 15.6. The quantitative estimate of drug-likeness (QED) is 0.136. The molecule has 2 aromatic heterocycles. The second-order valence-corrected chi connectivity index (χ2v) is 11.9. The van der Waals surface area contributed by atoms with Gasteiger partial charge in [0.1, 0.15) is 18.2 Å². The molecule has 0 saturated carbocycles. The normalized spacial score (nSPS) is 12.2. The van der Waals surface area contributed by atoms with Gasteiger partial charge in [-0.25, -0.2) is 14.3 Å². The summed E-state index contributed by atoms with van der Waals surface area (Å²) >= 11 is 0. The molecule has 0 bridgehead atoms. The molecule has 7 aromatic rings. The van der Waals surface area contributed by atoms with E-state index in [1.54, 1.807) is 6.33 Å². The third kappa shape index (κ3) is 5.77.